The highest BCUT2D eigenvalue weighted by Gasteiger charge is 2.30. The zero-order valence-corrected chi connectivity index (χ0v) is 14.7. The molecular weight excluding hydrogens is 347 g/mol. The molecular formula is C23H20F3N. The molecule has 1 nitrogen and oxygen atoms in total. The third-order valence-electron chi connectivity index (χ3n) is 4.37. The summed E-state index contributed by atoms with van der Waals surface area (Å²) in [5.41, 5.74) is 1.000. The van der Waals surface area contributed by atoms with E-state index in [1.54, 1.807) is 12.1 Å². The van der Waals surface area contributed by atoms with Gasteiger partial charge in [-0.05, 0) is 34.0 Å². The molecule has 0 spiro atoms. The standard InChI is InChI=1S/C23H20F3N/c1-2-22(21-14-6-11-18-10-3-4-13-20(18)21)27-15-7-9-17-8-5-12-19(16-17)23(24,25)26/h2-14,16,22,27H,1,15H2/b9-7+/t22-/m1/s1. The number of rotatable bonds is 6. The second-order valence-electron chi connectivity index (χ2n) is 6.22. The molecule has 138 valence electrons. The van der Waals surface area contributed by atoms with Crippen LogP contribution in [0.3, 0.4) is 0 Å². The minimum atomic E-state index is -4.33. The van der Waals surface area contributed by atoms with Crippen LogP contribution in [-0.2, 0) is 6.18 Å². The van der Waals surface area contributed by atoms with E-state index in [0.29, 0.717) is 12.1 Å². The molecule has 4 heteroatoms. The number of benzene rings is 3. The van der Waals surface area contributed by atoms with E-state index >= 15 is 0 Å². The molecule has 3 aromatic rings. The first-order chi connectivity index (χ1) is 13.0. The highest BCUT2D eigenvalue weighted by molar-refractivity contribution is 5.86. The van der Waals surface area contributed by atoms with Crippen molar-refractivity contribution in [3.63, 3.8) is 0 Å². The van der Waals surface area contributed by atoms with Gasteiger partial charge in [0.1, 0.15) is 0 Å². The van der Waals surface area contributed by atoms with Crippen molar-refractivity contribution >= 4 is 16.8 Å². The fourth-order valence-corrected chi connectivity index (χ4v) is 3.05. The Balaban J connectivity index is 1.70. The van der Waals surface area contributed by atoms with Crippen LogP contribution in [0.15, 0.2) is 85.5 Å². The Kier molecular flexibility index (Phi) is 5.77. The lowest BCUT2D eigenvalue weighted by atomic mass is 9.99. The molecule has 0 amide bonds. The Morgan fingerprint density at radius 2 is 1.70 bits per heavy atom. The zero-order valence-electron chi connectivity index (χ0n) is 14.7. The number of alkyl halides is 3. The van der Waals surface area contributed by atoms with E-state index < -0.39 is 11.7 Å². The molecule has 0 aliphatic carbocycles. The Bertz CT molecular complexity index is 952. The first kappa shape index (κ1) is 18.9. The SMILES string of the molecule is C=C[C@@H](NC/C=C/c1cccc(C(F)(F)F)c1)c1cccc2ccccc12. The van der Waals surface area contributed by atoms with Crippen molar-refractivity contribution < 1.29 is 13.2 Å². The van der Waals surface area contributed by atoms with Gasteiger partial charge < -0.3 is 5.32 Å². The van der Waals surface area contributed by atoms with Gasteiger partial charge in [-0.25, -0.2) is 0 Å². The van der Waals surface area contributed by atoms with Crippen LogP contribution in [0.1, 0.15) is 22.7 Å². The molecule has 0 fully saturated rings. The molecule has 0 aliphatic rings. The number of halogens is 3. The van der Waals surface area contributed by atoms with E-state index in [2.05, 4.69) is 36.2 Å². The summed E-state index contributed by atoms with van der Waals surface area (Å²) in [5.74, 6) is 0. The van der Waals surface area contributed by atoms with Gasteiger partial charge in [0.25, 0.3) is 0 Å². The molecule has 1 N–H and O–H groups in total. The Morgan fingerprint density at radius 1 is 0.963 bits per heavy atom. The lowest BCUT2D eigenvalue weighted by Gasteiger charge is -2.16. The van der Waals surface area contributed by atoms with Crippen LogP contribution in [0, 0.1) is 0 Å². The molecule has 0 saturated heterocycles. The molecule has 0 aliphatic heterocycles. The molecule has 0 aromatic heterocycles. The number of fused-ring (bicyclic) bond motifs is 1. The van der Waals surface area contributed by atoms with Gasteiger partial charge in [-0.1, -0.05) is 72.8 Å². The molecule has 3 rings (SSSR count). The van der Waals surface area contributed by atoms with E-state index in [9.17, 15) is 13.2 Å². The monoisotopic (exact) mass is 367 g/mol. The summed E-state index contributed by atoms with van der Waals surface area (Å²) < 4.78 is 38.3. The van der Waals surface area contributed by atoms with Crippen molar-refractivity contribution in [2.24, 2.45) is 0 Å². The predicted octanol–water partition coefficient (Wildman–Crippen LogP) is 6.39. The molecule has 0 unspecified atom stereocenters. The average molecular weight is 367 g/mol. The fourth-order valence-electron chi connectivity index (χ4n) is 3.05. The van der Waals surface area contributed by atoms with Crippen molar-refractivity contribution in [3.8, 4) is 0 Å². The van der Waals surface area contributed by atoms with Crippen LogP contribution < -0.4 is 5.32 Å². The minimum absolute atomic E-state index is 0.0535. The molecule has 0 saturated carbocycles. The van der Waals surface area contributed by atoms with Crippen molar-refractivity contribution in [1.82, 2.24) is 5.32 Å². The molecule has 0 bridgehead atoms. The highest BCUT2D eigenvalue weighted by Crippen LogP contribution is 2.29. The topological polar surface area (TPSA) is 12.0 Å². The van der Waals surface area contributed by atoms with E-state index in [0.717, 1.165) is 28.5 Å². The quantitative estimate of drug-likeness (QED) is 0.498. The summed E-state index contributed by atoms with van der Waals surface area (Å²) in [7, 11) is 0. The Labute approximate surface area is 156 Å². The smallest absolute Gasteiger partial charge is 0.303 e. The third-order valence-corrected chi connectivity index (χ3v) is 4.37. The summed E-state index contributed by atoms with van der Waals surface area (Å²) in [6, 6.07) is 19.5. The van der Waals surface area contributed by atoms with Crippen LogP contribution in [0.5, 0.6) is 0 Å². The van der Waals surface area contributed by atoms with Crippen molar-refractivity contribution in [2.75, 3.05) is 6.54 Å². The van der Waals surface area contributed by atoms with E-state index in [1.165, 1.54) is 6.07 Å². The van der Waals surface area contributed by atoms with Crippen LogP contribution in [-0.4, -0.2) is 6.54 Å². The van der Waals surface area contributed by atoms with E-state index in [4.69, 9.17) is 0 Å². The maximum absolute atomic E-state index is 12.8. The summed E-state index contributed by atoms with van der Waals surface area (Å²) in [6.07, 6.45) is 1.01. The van der Waals surface area contributed by atoms with Crippen LogP contribution in [0.25, 0.3) is 16.8 Å². The number of hydrogen-bond acceptors (Lipinski definition) is 1. The van der Waals surface area contributed by atoms with Crippen LogP contribution in [0.4, 0.5) is 13.2 Å². The maximum atomic E-state index is 12.8. The average Bonchev–Trinajstić information content (AvgIpc) is 2.67. The van der Waals surface area contributed by atoms with Gasteiger partial charge in [0, 0.05) is 6.54 Å². The lowest BCUT2D eigenvalue weighted by Crippen LogP contribution is -2.19. The van der Waals surface area contributed by atoms with Crippen molar-refractivity contribution in [3.05, 3.63) is 102 Å². The van der Waals surface area contributed by atoms with Gasteiger partial charge in [0.2, 0.25) is 0 Å². The Hall–Kier alpha value is -2.85. The Morgan fingerprint density at radius 3 is 2.48 bits per heavy atom. The fraction of sp³-hybridized carbons (Fsp3) is 0.130. The molecule has 0 heterocycles. The number of nitrogens with one attached hydrogen (secondary N) is 1. The summed E-state index contributed by atoms with van der Waals surface area (Å²) >= 11 is 0. The minimum Gasteiger partial charge on any atom is -0.303 e. The van der Waals surface area contributed by atoms with Crippen molar-refractivity contribution in [2.45, 2.75) is 12.2 Å². The summed E-state index contributed by atoms with van der Waals surface area (Å²) in [5, 5.41) is 5.67. The van der Waals surface area contributed by atoms with E-state index in [1.807, 2.05) is 30.4 Å². The second kappa shape index (κ2) is 8.23. The molecule has 1 atom stereocenters. The van der Waals surface area contributed by atoms with Gasteiger partial charge >= 0.3 is 6.18 Å². The van der Waals surface area contributed by atoms with Crippen molar-refractivity contribution in [1.29, 1.82) is 0 Å². The van der Waals surface area contributed by atoms with Crippen LogP contribution >= 0.6 is 0 Å². The van der Waals surface area contributed by atoms with Gasteiger partial charge in [-0.2, -0.15) is 13.2 Å². The van der Waals surface area contributed by atoms with E-state index in [-0.39, 0.29) is 6.04 Å². The molecule has 0 radical (unpaired) electrons. The largest absolute Gasteiger partial charge is 0.416 e. The normalized spacial score (nSPS) is 13.1. The second-order valence-corrected chi connectivity index (χ2v) is 6.22. The van der Waals surface area contributed by atoms with Gasteiger partial charge in [0.15, 0.2) is 0 Å². The first-order valence-corrected chi connectivity index (χ1v) is 8.66. The maximum Gasteiger partial charge on any atom is 0.416 e. The third kappa shape index (κ3) is 4.66. The predicted molar refractivity (Wildman–Crippen MR) is 105 cm³/mol. The van der Waals surface area contributed by atoms with Crippen LogP contribution in [0.2, 0.25) is 0 Å². The summed E-state index contributed by atoms with van der Waals surface area (Å²) in [4.78, 5) is 0. The van der Waals surface area contributed by atoms with Gasteiger partial charge in [-0.15, -0.1) is 6.58 Å². The highest BCUT2D eigenvalue weighted by atomic mass is 19.4. The molecule has 3 aromatic carbocycles. The zero-order chi connectivity index (χ0) is 19.3. The molecule has 27 heavy (non-hydrogen) atoms. The summed E-state index contributed by atoms with van der Waals surface area (Å²) in [6.45, 7) is 4.42. The first-order valence-electron chi connectivity index (χ1n) is 8.66. The van der Waals surface area contributed by atoms with Gasteiger partial charge in [-0.3, -0.25) is 0 Å². The van der Waals surface area contributed by atoms with Gasteiger partial charge in [0.05, 0.1) is 11.6 Å². The number of hydrogen-bond donors (Lipinski definition) is 1. The lowest BCUT2D eigenvalue weighted by molar-refractivity contribution is -0.137.